The molecule has 1 atom stereocenters. The first-order valence-corrected chi connectivity index (χ1v) is 9.45. The number of hydrogen-bond donors (Lipinski definition) is 0. The summed E-state index contributed by atoms with van der Waals surface area (Å²) in [7, 11) is 0. The lowest BCUT2D eigenvalue weighted by Crippen LogP contribution is -2.56. The summed E-state index contributed by atoms with van der Waals surface area (Å²) in [5, 5.41) is 0. The number of anilines is 1. The molecule has 2 saturated heterocycles. The number of carbonyl (C=O) groups excluding carboxylic acids is 1. The van der Waals surface area contributed by atoms with E-state index in [2.05, 4.69) is 35.8 Å². The van der Waals surface area contributed by atoms with E-state index in [9.17, 15) is 4.79 Å². The molecule has 0 bridgehead atoms. The van der Waals surface area contributed by atoms with Gasteiger partial charge in [-0.15, -0.1) is 0 Å². The van der Waals surface area contributed by atoms with Crippen molar-refractivity contribution < 1.29 is 14.3 Å². The van der Waals surface area contributed by atoms with Crippen molar-refractivity contribution in [1.82, 2.24) is 4.90 Å². The maximum Gasteiger partial charge on any atom is 0.182 e. The van der Waals surface area contributed by atoms with Crippen LogP contribution in [0, 0.1) is 0 Å². The van der Waals surface area contributed by atoms with Crippen molar-refractivity contribution in [2.24, 2.45) is 0 Å². The SMILES string of the molecule is CCCC(C)(C(=O)c1ccc(N2CCOCC2)cc1)N1CCOCC1. The quantitative estimate of drug-likeness (QED) is 0.741. The van der Waals surface area contributed by atoms with Gasteiger partial charge < -0.3 is 14.4 Å². The van der Waals surface area contributed by atoms with Gasteiger partial charge in [0.2, 0.25) is 0 Å². The molecule has 0 spiro atoms. The molecule has 2 aliphatic heterocycles. The molecule has 3 rings (SSSR count). The largest absolute Gasteiger partial charge is 0.379 e. The molecule has 2 fully saturated rings. The standard InChI is InChI=1S/C20H30N2O3/c1-3-8-20(2,22-11-15-25-16-12-22)19(23)17-4-6-18(7-5-17)21-9-13-24-14-10-21/h4-7H,3,8-16H2,1-2H3. The minimum Gasteiger partial charge on any atom is -0.379 e. The molecule has 5 heteroatoms. The molecule has 0 aromatic heterocycles. The van der Waals surface area contributed by atoms with E-state index in [0.29, 0.717) is 13.2 Å². The number of carbonyl (C=O) groups is 1. The van der Waals surface area contributed by atoms with Gasteiger partial charge in [0.05, 0.1) is 32.0 Å². The number of Topliss-reactive ketones (excluding diaryl/α,β-unsaturated/α-hetero) is 1. The summed E-state index contributed by atoms with van der Waals surface area (Å²) < 4.78 is 10.9. The van der Waals surface area contributed by atoms with Gasteiger partial charge in [0, 0.05) is 37.4 Å². The minimum atomic E-state index is -0.445. The molecule has 0 saturated carbocycles. The summed E-state index contributed by atoms with van der Waals surface area (Å²) in [5.41, 5.74) is 1.53. The number of hydrogen-bond acceptors (Lipinski definition) is 5. The van der Waals surface area contributed by atoms with Gasteiger partial charge in [0.25, 0.3) is 0 Å². The Labute approximate surface area is 150 Å². The van der Waals surface area contributed by atoms with Crippen LogP contribution in [0.5, 0.6) is 0 Å². The Bertz CT molecular complexity index is 563. The summed E-state index contributed by atoms with van der Waals surface area (Å²) in [5.74, 6) is 0.227. The van der Waals surface area contributed by atoms with Gasteiger partial charge in [0.1, 0.15) is 0 Å². The number of benzene rings is 1. The molecule has 5 nitrogen and oxygen atoms in total. The number of nitrogens with zero attached hydrogens (tertiary/aromatic N) is 2. The van der Waals surface area contributed by atoms with E-state index in [-0.39, 0.29) is 5.78 Å². The minimum absolute atomic E-state index is 0.227. The van der Waals surface area contributed by atoms with Crippen LogP contribution in [0.3, 0.4) is 0 Å². The van der Waals surface area contributed by atoms with Crippen molar-refractivity contribution in [2.75, 3.05) is 57.5 Å². The normalized spacial score (nSPS) is 21.8. The summed E-state index contributed by atoms with van der Waals surface area (Å²) in [6.07, 6.45) is 1.86. The van der Waals surface area contributed by atoms with Crippen molar-refractivity contribution in [3.05, 3.63) is 29.8 Å². The zero-order valence-electron chi connectivity index (χ0n) is 15.5. The third-order valence-corrected chi connectivity index (χ3v) is 5.44. The number of morpholine rings is 2. The van der Waals surface area contributed by atoms with Crippen LogP contribution in [0.1, 0.15) is 37.0 Å². The lowest BCUT2D eigenvalue weighted by molar-refractivity contribution is -0.0122. The first kappa shape index (κ1) is 18.4. The molecule has 0 aliphatic carbocycles. The van der Waals surface area contributed by atoms with E-state index in [1.165, 1.54) is 5.69 Å². The highest BCUT2D eigenvalue weighted by molar-refractivity contribution is 6.03. The highest BCUT2D eigenvalue weighted by Crippen LogP contribution is 2.28. The third-order valence-electron chi connectivity index (χ3n) is 5.44. The van der Waals surface area contributed by atoms with E-state index in [4.69, 9.17) is 9.47 Å². The van der Waals surface area contributed by atoms with Crippen molar-refractivity contribution in [3.8, 4) is 0 Å². The van der Waals surface area contributed by atoms with Gasteiger partial charge in [-0.05, 0) is 37.6 Å². The first-order valence-electron chi connectivity index (χ1n) is 9.45. The van der Waals surface area contributed by atoms with E-state index >= 15 is 0 Å². The van der Waals surface area contributed by atoms with Crippen molar-refractivity contribution in [1.29, 1.82) is 0 Å². The van der Waals surface area contributed by atoms with Crippen molar-refractivity contribution in [3.63, 3.8) is 0 Å². The second-order valence-corrected chi connectivity index (χ2v) is 7.10. The fourth-order valence-electron chi connectivity index (χ4n) is 3.92. The maximum absolute atomic E-state index is 13.3. The smallest absolute Gasteiger partial charge is 0.182 e. The Hall–Kier alpha value is -1.43. The average Bonchev–Trinajstić information content (AvgIpc) is 2.69. The molecule has 1 unspecified atom stereocenters. The van der Waals surface area contributed by atoms with E-state index in [1.807, 2.05) is 12.1 Å². The summed E-state index contributed by atoms with van der Waals surface area (Å²) >= 11 is 0. The van der Waals surface area contributed by atoms with Crippen LogP contribution in [-0.2, 0) is 9.47 Å². The molecular formula is C20H30N2O3. The summed E-state index contributed by atoms with van der Waals surface area (Å²) in [6.45, 7) is 10.7. The van der Waals surface area contributed by atoms with Crippen LogP contribution in [0.15, 0.2) is 24.3 Å². The van der Waals surface area contributed by atoms with Crippen LogP contribution < -0.4 is 4.90 Å². The molecule has 1 aromatic rings. The highest BCUT2D eigenvalue weighted by atomic mass is 16.5. The average molecular weight is 346 g/mol. The fourth-order valence-corrected chi connectivity index (χ4v) is 3.92. The van der Waals surface area contributed by atoms with Crippen molar-refractivity contribution >= 4 is 11.5 Å². The van der Waals surface area contributed by atoms with Gasteiger partial charge in [-0.2, -0.15) is 0 Å². The van der Waals surface area contributed by atoms with Crippen LogP contribution in [-0.4, -0.2) is 68.8 Å². The lowest BCUT2D eigenvalue weighted by Gasteiger charge is -2.42. The Morgan fingerprint density at radius 2 is 1.56 bits per heavy atom. The molecule has 0 radical (unpaired) electrons. The van der Waals surface area contributed by atoms with Gasteiger partial charge in [0.15, 0.2) is 5.78 Å². The lowest BCUT2D eigenvalue weighted by atomic mass is 9.84. The molecule has 0 N–H and O–H groups in total. The van der Waals surface area contributed by atoms with Gasteiger partial charge >= 0.3 is 0 Å². The molecule has 2 heterocycles. The second-order valence-electron chi connectivity index (χ2n) is 7.10. The van der Waals surface area contributed by atoms with E-state index in [1.54, 1.807) is 0 Å². The summed E-state index contributed by atoms with van der Waals surface area (Å²) in [4.78, 5) is 17.9. The predicted molar refractivity (Wildman–Crippen MR) is 99.5 cm³/mol. The number of ketones is 1. The monoisotopic (exact) mass is 346 g/mol. The fraction of sp³-hybridized carbons (Fsp3) is 0.650. The van der Waals surface area contributed by atoms with Crippen LogP contribution in [0.2, 0.25) is 0 Å². The topological polar surface area (TPSA) is 42.0 Å². The zero-order valence-corrected chi connectivity index (χ0v) is 15.5. The molecular weight excluding hydrogens is 316 g/mol. The van der Waals surface area contributed by atoms with Gasteiger partial charge in [-0.25, -0.2) is 0 Å². The molecule has 2 aliphatic rings. The van der Waals surface area contributed by atoms with Crippen LogP contribution in [0.25, 0.3) is 0 Å². The maximum atomic E-state index is 13.3. The second kappa shape index (κ2) is 8.30. The van der Waals surface area contributed by atoms with E-state index in [0.717, 1.165) is 57.8 Å². The van der Waals surface area contributed by atoms with Crippen LogP contribution >= 0.6 is 0 Å². The Morgan fingerprint density at radius 3 is 2.12 bits per heavy atom. The molecule has 138 valence electrons. The van der Waals surface area contributed by atoms with Crippen LogP contribution in [0.4, 0.5) is 5.69 Å². The summed E-state index contributed by atoms with van der Waals surface area (Å²) in [6, 6.07) is 8.12. The highest BCUT2D eigenvalue weighted by Gasteiger charge is 2.39. The third kappa shape index (κ3) is 4.05. The Kier molecular flexibility index (Phi) is 6.10. The van der Waals surface area contributed by atoms with Gasteiger partial charge in [-0.1, -0.05) is 13.3 Å². The van der Waals surface area contributed by atoms with E-state index < -0.39 is 5.54 Å². The predicted octanol–water partition coefficient (Wildman–Crippen LogP) is 2.60. The zero-order chi connectivity index (χ0) is 17.7. The number of rotatable bonds is 6. The van der Waals surface area contributed by atoms with Gasteiger partial charge in [-0.3, -0.25) is 9.69 Å². The molecule has 0 amide bonds. The Morgan fingerprint density at radius 1 is 1.00 bits per heavy atom. The first-order chi connectivity index (χ1) is 12.1. The number of ether oxygens (including phenoxy) is 2. The van der Waals surface area contributed by atoms with Crippen molar-refractivity contribution in [2.45, 2.75) is 32.2 Å². The molecule has 1 aromatic carbocycles. The Balaban J connectivity index is 1.76. The molecule has 25 heavy (non-hydrogen) atoms.